The van der Waals surface area contributed by atoms with Gasteiger partial charge in [-0.15, -0.1) is 0 Å². The first-order valence-electron chi connectivity index (χ1n) is 8.83. The number of hydrogen-bond donors (Lipinski definition) is 2. The minimum Gasteiger partial charge on any atom is -0.393 e. The van der Waals surface area contributed by atoms with Crippen LogP contribution in [0.25, 0.3) is 21.9 Å². The molecule has 0 saturated carbocycles. The van der Waals surface area contributed by atoms with Crippen LogP contribution in [0.5, 0.6) is 0 Å². The maximum Gasteiger partial charge on any atom is 0.292 e. The van der Waals surface area contributed by atoms with Gasteiger partial charge in [0.25, 0.3) is 11.2 Å². The number of benzene rings is 3. The van der Waals surface area contributed by atoms with Crippen LogP contribution in [0.1, 0.15) is 11.3 Å². The molecule has 4 rings (SSSR count). The van der Waals surface area contributed by atoms with Gasteiger partial charge in [0, 0.05) is 23.4 Å². The van der Waals surface area contributed by atoms with Crippen LogP contribution in [-0.2, 0) is 6.42 Å². The second kappa shape index (κ2) is 7.36. The zero-order valence-corrected chi connectivity index (χ0v) is 15.4. The van der Waals surface area contributed by atoms with Gasteiger partial charge in [-0.1, -0.05) is 12.1 Å². The number of halogens is 2. The minimum absolute atomic E-state index is 0.0220. The van der Waals surface area contributed by atoms with Gasteiger partial charge in [-0.25, -0.2) is 13.9 Å². The van der Waals surface area contributed by atoms with Gasteiger partial charge >= 0.3 is 0 Å². The summed E-state index contributed by atoms with van der Waals surface area (Å²) < 4.78 is 28.2. The third-order valence-electron chi connectivity index (χ3n) is 4.77. The predicted molar refractivity (Wildman–Crippen MR) is 108 cm³/mol. The van der Waals surface area contributed by atoms with E-state index in [1.807, 2.05) is 0 Å². The smallest absolute Gasteiger partial charge is 0.292 e. The molecular formula is C21H14F2N4O3. The Morgan fingerprint density at radius 1 is 1.03 bits per heavy atom. The average Bonchev–Trinajstić information content (AvgIpc) is 2.71. The Bertz CT molecular complexity index is 1370. The van der Waals surface area contributed by atoms with Crippen LogP contribution in [0, 0.1) is 21.7 Å². The number of aromatic nitrogens is 2. The molecule has 0 bridgehead atoms. The number of aromatic amines is 1. The van der Waals surface area contributed by atoms with E-state index in [2.05, 4.69) is 10.2 Å². The largest absolute Gasteiger partial charge is 0.393 e. The van der Waals surface area contributed by atoms with Gasteiger partial charge in [0.05, 0.1) is 16.0 Å². The number of nitrogens with zero attached hydrogens (tertiary/aromatic N) is 2. The SMILES string of the molecule is Nc1ccc(-c2cc(Cc3n[nH]c(=O)c4ccc(F)cc34)ccc2F)cc1[N+](=O)[O-]. The number of rotatable bonds is 4. The van der Waals surface area contributed by atoms with E-state index in [1.165, 1.54) is 54.6 Å². The number of nitrogens with one attached hydrogen (secondary N) is 1. The number of nitro groups is 1. The molecule has 0 aliphatic carbocycles. The highest BCUT2D eigenvalue weighted by atomic mass is 19.1. The lowest BCUT2D eigenvalue weighted by atomic mass is 9.98. The van der Waals surface area contributed by atoms with E-state index < -0.39 is 22.1 Å². The summed E-state index contributed by atoms with van der Waals surface area (Å²) in [5.74, 6) is -1.08. The van der Waals surface area contributed by atoms with Crippen molar-refractivity contribution in [2.45, 2.75) is 6.42 Å². The molecule has 150 valence electrons. The summed E-state index contributed by atoms with van der Waals surface area (Å²) in [5, 5.41) is 18.2. The second-order valence-corrected chi connectivity index (χ2v) is 6.71. The highest BCUT2D eigenvalue weighted by molar-refractivity contribution is 5.84. The molecule has 3 aromatic carbocycles. The van der Waals surface area contributed by atoms with Gasteiger partial charge < -0.3 is 5.73 Å². The molecule has 0 spiro atoms. The maximum absolute atomic E-state index is 14.5. The lowest BCUT2D eigenvalue weighted by Crippen LogP contribution is -2.11. The molecule has 1 aromatic heterocycles. The van der Waals surface area contributed by atoms with Crippen molar-refractivity contribution in [2.24, 2.45) is 0 Å². The van der Waals surface area contributed by atoms with E-state index in [-0.39, 0.29) is 28.7 Å². The van der Waals surface area contributed by atoms with Crippen molar-refractivity contribution in [1.29, 1.82) is 0 Å². The molecule has 0 amide bonds. The lowest BCUT2D eigenvalue weighted by molar-refractivity contribution is -0.383. The summed E-state index contributed by atoms with van der Waals surface area (Å²) in [6.45, 7) is 0. The normalized spacial score (nSPS) is 11.0. The summed E-state index contributed by atoms with van der Waals surface area (Å²) in [6.07, 6.45) is 0.182. The van der Waals surface area contributed by atoms with Gasteiger partial charge in [0.15, 0.2) is 0 Å². The zero-order valence-electron chi connectivity index (χ0n) is 15.4. The fraction of sp³-hybridized carbons (Fsp3) is 0.0476. The molecule has 0 unspecified atom stereocenters. The Morgan fingerprint density at radius 3 is 2.60 bits per heavy atom. The van der Waals surface area contributed by atoms with Crippen molar-refractivity contribution in [1.82, 2.24) is 10.2 Å². The molecule has 4 aromatic rings. The van der Waals surface area contributed by atoms with Gasteiger partial charge in [-0.05, 0) is 47.5 Å². The Morgan fingerprint density at radius 2 is 1.83 bits per heavy atom. The molecule has 0 saturated heterocycles. The van der Waals surface area contributed by atoms with E-state index in [4.69, 9.17) is 5.73 Å². The van der Waals surface area contributed by atoms with Crippen LogP contribution in [-0.4, -0.2) is 15.1 Å². The predicted octanol–water partition coefficient (Wildman–Crippen LogP) is 3.95. The number of nitrogen functional groups attached to an aromatic ring is 1. The van der Waals surface area contributed by atoms with Crippen molar-refractivity contribution >= 4 is 22.1 Å². The fourth-order valence-electron chi connectivity index (χ4n) is 3.29. The summed E-state index contributed by atoms with van der Waals surface area (Å²) in [6, 6.07) is 12.1. The minimum atomic E-state index is -0.633. The third kappa shape index (κ3) is 3.48. The Balaban J connectivity index is 1.79. The van der Waals surface area contributed by atoms with Crippen LogP contribution >= 0.6 is 0 Å². The molecule has 0 radical (unpaired) electrons. The molecule has 7 nitrogen and oxygen atoms in total. The zero-order chi connectivity index (χ0) is 21.4. The molecule has 3 N–H and O–H groups in total. The van der Waals surface area contributed by atoms with Gasteiger partial charge in [-0.3, -0.25) is 14.9 Å². The standard InChI is InChI=1S/C21H14F2N4O3/c22-13-3-4-14-16(10-13)19(25-26-21(14)28)8-11-1-5-17(23)15(7-11)12-2-6-18(24)20(9-12)27(29)30/h1-7,9-10H,8,24H2,(H,26,28). The van der Waals surface area contributed by atoms with Gasteiger partial charge in [0.1, 0.15) is 17.3 Å². The van der Waals surface area contributed by atoms with E-state index in [1.54, 1.807) is 0 Å². The first-order valence-corrected chi connectivity index (χ1v) is 8.83. The van der Waals surface area contributed by atoms with E-state index in [0.717, 1.165) is 0 Å². The Labute approximate surface area is 167 Å². The highest BCUT2D eigenvalue weighted by Crippen LogP contribution is 2.31. The van der Waals surface area contributed by atoms with Crippen LogP contribution < -0.4 is 11.3 Å². The molecule has 0 aliphatic rings. The molecule has 0 fully saturated rings. The third-order valence-corrected chi connectivity index (χ3v) is 4.77. The highest BCUT2D eigenvalue weighted by Gasteiger charge is 2.16. The summed E-state index contributed by atoms with van der Waals surface area (Å²) >= 11 is 0. The quantitative estimate of drug-likeness (QED) is 0.301. The summed E-state index contributed by atoms with van der Waals surface area (Å²) in [4.78, 5) is 22.4. The van der Waals surface area contributed by atoms with Crippen molar-refractivity contribution in [3.8, 4) is 11.1 Å². The number of nitrogens with two attached hydrogens (primary N) is 1. The number of H-pyrrole nitrogens is 1. The molecule has 0 aliphatic heterocycles. The van der Waals surface area contributed by atoms with Crippen molar-refractivity contribution in [2.75, 3.05) is 5.73 Å². The lowest BCUT2D eigenvalue weighted by Gasteiger charge is -2.09. The van der Waals surface area contributed by atoms with Crippen LogP contribution in [0.15, 0.2) is 59.4 Å². The average molecular weight is 408 g/mol. The number of anilines is 1. The monoisotopic (exact) mass is 408 g/mol. The van der Waals surface area contributed by atoms with Gasteiger partial charge in [0.2, 0.25) is 0 Å². The molecule has 30 heavy (non-hydrogen) atoms. The van der Waals surface area contributed by atoms with Crippen LogP contribution in [0.2, 0.25) is 0 Å². The molecule has 0 atom stereocenters. The van der Waals surface area contributed by atoms with Crippen molar-refractivity contribution < 1.29 is 13.7 Å². The van der Waals surface area contributed by atoms with Crippen molar-refractivity contribution in [3.05, 3.63) is 98.0 Å². The summed E-state index contributed by atoms with van der Waals surface area (Å²) in [5.41, 5.74) is 6.30. The number of nitro benzene ring substituents is 1. The van der Waals surface area contributed by atoms with Crippen LogP contribution in [0.4, 0.5) is 20.2 Å². The second-order valence-electron chi connectivity index (χ2n) is 6.71. The molecular weight excluding hydrogens is 394 g/mol. The molecule has 9 heteroatoms. The number of hydrogen-bond acceptors (Lipinski definition) is 5. The van der Waals surface area contributed by atoms with Gasteiger partial charge in [-0.2, -0.15) is 5.10 Å². The first kappa shape index (κ1) is 19.2. The van der Waals surface area contributed by atoms with Crippen LogP contribution in [0.3, 0.4) is 0 Å². The van der Waals surface area contributed by atoms with E-state index in [9.17, 15) is 23.7 Å². The maximum atomic E-state index is 14.5. The summed E-state index contributed by atoms with van der Waals surface area (Å²) in [7, 11) is 0. The fourth-order valence-corrected chi connectivity index (χ4v) is 3.29. The first-order chi connectivity index (χ1) is 14.3. The van der Waals surface area contributed by atoms with E-state index >= 15 is 0 Å². The number of fused-ring (bicyclic) bond motifs is 1. The Kier molecular flexibility index (Phi) is 4.71. The Hall–Kier alpha value is -4.14. The van der Waals surface area contributed by atoms with Crippen molar-refractivity contribution in [3.63, 3.8) is 0 Å². The molecule has 1 heterocycles. The topological polar surface area (TPSA) is 115 Å². The van der Waals surface area contributed by atoms with E-state index in [0.29, 0.717) is 22.2 Å².